The lowest BCUT2D eigenvalue weighted by Gasteiger charge is -2.26. The van der Waals surface area contributed by atoms with Crippen LogP contribution in [0.2, 0.25) is 0 Å². The summed E-state index contributed by atoms with van der Waals surface area (Å²) in [6.07, 6.45) is 2.94. The van der Waals surface area contributed by atoms with Gasteiger partial charge in [-0.3, -0.25) is 9.88 Å². The Kier molecular flexibility index (Phi) is 6.10. The summed E-state index contributed by atoms with van der Waals surface area (Å²) in [5.74, 6) is 2.47. The molecule has 0 aromatic carbocycles. The molecule has 1 fully saturated rings. The van der Waals surface area contributed by atoms with Crippen LogP contribution < -0.4 is 5.73 Å². The van der Waals surface area contributed by atoms with E-state index >= 15 is 0 Å². The average Bonchev–Trinajstić information content (AvgIpc) is 2.46. The number of nitrogens with zero attached hydrogens (tertiary/aromatic N) is 2. The lowest BCUT2D eigenvalue weighted by Crippen LogP contribution is -2.32. The molecule has 5 heteroatoms. The van der Waals surface area contributed by atoms with Gasteiger partial charge in [-0.25, -0.2) is 0 Å². The van der Waals surface area contributed by atoms with E-state index in [4.69, 9.17) is 5.73 Å². The number of nitrogens with two attached hydrogens (primary N) is 1. The lowest BCUT2D eigenvalue weighted by molar-refractivity contribution is 0.172. The van der Waals surface area contributed by atoms with Crippen LogP contribution >= 0.6 is 11.8 Å². The first kappa shape index (κ1) is 14.8. The Morgan fingerprint density at radius 3 is 2.95 bits per heavy atom. The fourth-order valence-electron chi connectivity index (χ4n) is 2.21. The molecule has 0 radical (unpaired) electrons. The van der Waals surface area contributed by atoms with Crippen LogP contribution in [0.4, 0.5) is 0 Å². The Morgan fingerprint density at radius 2 is 2.21 bits per heavy atom. The third kappa shape index (κ3) is 5.10. The fourth-order valence-corrected chi connectivity index (χ4v) is 3.19. The second-order valence-corrected chi connectivity index (χ2v) is 6.20. The third-order valence-corrected chi connectivity index (χ3v) is 4.34. The van der Waals surface area contributed by atoms with E-state index in [2.05, 4.69) is 22.0 Å². The Bertz CT molecular complexity index is 383. The molecule has 1 saturated heterocycles. The molecule has 2 heterocycles. The van der Waals surface area contributed by atoms with Crippen LogP contribution in [0.5, 0.6) is 0 Å². The molecule has 0 saturated carbocycles. The quantitative estimate of drug-likeness (QED) is 0.810. The average molecular weight is 281 g/mol. The van der Waals surface area contributed by atoms with Crippen LogP contribution in [0.1, 0.15) is 17.7 Å². The van der Waals surface area contributed by atoms with E-state index in [1.54, 1.807) is 0 Å². The molecule has 4 nitrogen and oxygen atoms in total. The van der Waals surface area contributed by atoms with E-state index in [-0.39, 0.29) is 0 Å². The number of hydrogen-bond acceptors (Lipinski definition) is 5. The largest absolute Gasteiger partial charge is 0.392 e. The lowest BCUT2D eigenvalue weighted by atomic mass is 10.1. The van der Waals surface area contributed by atoms with Crippen molar-refractivity contribution in [2.45, 2.75) is 25.5 Å². The van der Waals surface area contributed by atoms with Gasteiger partial charge in [-0.1, -0.05) is 0 Å². The number of hydrogen-bond donors (Lipinski definition) is 2. The van der Waals surface area contributed by atoms with Crippen molar-refractivity contribution < 1.29 is 5.11 Å². The maximum Gasteiger partial charge on any atom is 0.0666 e. The van der Waals surface area contributed by atoms with Crippen LogP contribution in [-0.4, -0.2) is 52.2 Å². The minimum absolute atomic E-state index is 0.325. The molecule has 1 aromatic rings. The van der Waals surface area contributed by atoms with Crippen molar-refractivity contribution in [3.8, 4) is 0 Å². The molecule has 0 bridgehead atoms. The monoisotopic (exact) mass is 281 g/mol. The first-order valence-corrected chi connectivity index (χ1v) is 8.05. The van der Waals surface area contributed by atoms with Crippen LogP contribution in [0, 0.1) is 0 Å². The second-order valence-electron chi connectivity index (χ2n) is 4.97. The molecule has 106 valence electrons. The van der Waals surface area contributed by atoms with Gasteiger partial charge in [-0.2, -0.15) is 11.8 Å². The summed E-state index contributed by atoms with van der Waals surface area (Å²) >= 11 is 2.03. The molecule has 0 amide bonds. The van der Waals surface area contributed by atoms with Gasteiger partial charge in [0.2, 0.25) is 0 Å². The number of aryl methyl sites for hydroxylation is 1. The molecule has 0 spiro atoms. The highest BCUT2D eigenvalue weighted by molar-refractivity contribution is 7.99. The smallest absolute Gasteiger partial charge is 0.0666 e. The first-order chi connectivity index (χ1) is 9.28. The van der Waals surface area contributed by atoms with Crippen molar-refractivity contribution in [1.82, 2.24) is 9.88 Å². The number of aliphatic hydroxyl groups excluding tert-OH is 1. The summed E-state index contributed by atoms with van der Waals surface area (Å²) in [5.41, 5.74) is 7.78. The summed E-state index contributed by atoms with van der Waals surface area (Å²) in [6, 6.07) is 4.25. The molecule has 1 aromatic heterocycles. The van der Waals surface area contributed by atoms with Crippen LogP contribution in [0.25, 0.3) is 0 Å². The van der Waals surface area contributed by atoms with Crippen LogP contribution in [0.15, 0.2) is 18.3 Å². The predicted octanol–water partition coefficient (Wildman–Crippen LogP) is 0.883. The Morgan fingerprint density at radius 1 is 1.42 bits per heavy atom. The van der Waals surface area contributed by atoms with E-state index in [1.807, 2.05) is 18.0 Å². The molecular formula is C14H23N3OS. The summed E-state index contributed by atoms with van der Waals surface area (Å²) < 4.78 is 0. The van der Waals surface area contributed by atoms with E-state index in [9.17, 15) is 5.11 Å². The zero-order chi connectivity index (χ0) is 13.5. The molecular weight excluding hydrogens is 258 g/mol. The van der Waals surface area contributed by atoms with E-state index in [0.717, 1.165) is 18.7 Å². The van der Waals surface area contributed by atoms with Crippen LogP contribution in [0.3, 0.4) is 0 Å². The van der Waals surface area contributed by atoms with Crippen molar-refractivity contribution in [2.75, 3.05) is 31.1 Å². The van der Waals surface area contributed by atoms with Gasteiger partial charge in [0.1, 0.15) is 0 Å². The van der Waals surface area contributed by atoms with Crippen molar-refractivity contribution in [3.05, 3.63) is 29.6 Å². The zero-order valence-corrected chi connectivity index (χ0v) is 12.1. The number of aliphatic hydroxyl groups is 1. The Labute approximate surface area is 119 Å². The topological polar surface area (TPSA) is 62.4 Å². The first-order valence-electron chi connectivity index (χ1n) is 6.90. The highest BCUT2D eigenvalue weighted by Crippen LogP contribution is 2.13. The van der Waals surface area contributed by atoms with Gasteiger partial charge in [0.25, 0.3) is 0 Å². The molecule has 1 aliphatic heterocycles. The highest BCUT2D eigenvalue weighted by Gasteiger charge is 2.11. The van der Waals surface area contributed by atoms with Gasteiger partial charge in [0.05, 0.1) is 6.10 Å². The van der Waals surface area contributed by atoms with E-state index in [0.29, 0.717) is 13.0 Å². The standard InChI is InChI=1S/C14H23N3OS/c15-10-14(18)2-1-13-9-12(3-4-16-13)11-17-5-7-19-8-6-17/h3-4,9,14,18H,1-2,5-8,10-11,15H2. The maximum absolute atomic E-state index is 9.49. The predicted molar refractivity (Wildman–Crippen MR) is 80.2 cm³/mol. The normalized spacial score (nSPS) is 18.4. The van der Waals surface area contributed by atoms with Gasteiger partial charge in [0, 0.05) is 49.6 Å². The SMILES string of the molecule is NCC(O)CCc1cc(CN2CCSCC2)ccn1. The minimum Gasteiger partial charge on any atom is -0.392 e. The maximum atomic E-state index is 9.49. The van der Waals surface area contributed by atoms with E-state index < -0.39 is 6.10 Å². The molecule has 19 heavy (non-hydrogen) atoms. The number of rotatable bonds is 6. The van der Waals surface area contributed by atoms with Gasteiger partial charge in [0.15, 0.2) is 0 Å². The van der Waals surface area contributed by atoms with Gasteiger partial charge >= 0.3 is 0 Å². The van der Waals surface area contributed by atoms with Gasteiger partial charge in [-0.05, 0) is 30.5 Å². The Balaban J connectivity index is 1.87. The Hall–Kier alpha value is -0.620. The zero-order valence-electron chi connectivity index (χ0n) is 11.3. The van der Waals surface area contributed by atoms with Crippen molar-refractivity contribution >= 4 is 11.8 Å². The van der Waals surface area contributed by atoms with Gasteiger partial charge < -0.3 is 10.8 Å². The number of aromatic nitrogens is 1. The summed E-state index contributed by atoms with van der Waals surface area (Å²) in [4.78, 5) is 6.85. The van der Waals surface area contributed by atoms with Gasteiger partial charge in [-0.15, -0.1) is 0 Å². The fraction of sp³-hybridized carbons (Fsp3) is 0.643. The van der Waals surface area contributed by atoms with Crippen LogP contribution in [-0.2, 0) is 13.0 Å². The molecule has 1 aliphatic rings. The third-order valence-electron chi connectivity index (χ3n) is 3.40. The molecule has 1 atom stereocenters. The van der Waals surface area contributed by atoms with Crippen molar-refractivity contribution in [2.24, 2.45) is 5.73 Å². The summed E-state index contributed by atoms with van der Waals surface area (Å²) in [5, 5.41) is 9.49. The second kappa shape index (κ2) is 7.85. The summed E-state index contributed by atoms with van der Waals surface area (Å²) in [6.45, 7) is 3.68. The molecule has 3 N–H and O–H groups in total. The van der Waals surface area contributed by atoms with Crippen molar-refractivity contribution in [3.63, 3.8) is 0 Å². The highest BCUT2D eigenvalue weighted by atomic mass is 32.2. The van der Waals surface area contributed by atoms with E-state index in [1.165, 1.54) is 30.2 Å². The minimum atomic E-state index is -0.412. The number of thioether (sulfide) groups is 1. The summed E-state index contributed by atoms with van der Waals surface area (Å²) in [7, 11) is 0. The van der Waals surface area contributed by atoms with Crippen molar-refractivity contribution in [1.29, 1.82) is 0 Å². The number of pyridine rings is 1. The molecule has 0 aliphatic carbocycles. The molecule has 1 unspecified atom stereocenters. The molecule has 2 rings (SSSR count).